The number of hydrogen-bond donors (Lipinski definition) is 1. The molecule has 1 heterocycles. The van der Waals surface area contributed by atoms with Gasteiger partial charge in [0.1, 0.15) is 23.9 Å². The maximum Gasteiger partial charge on any atom is 0.264 e. The lowest BCUT2D eigenvalue weighted by atomic mass is 9.86. The number of sulfonamides is 1. The Morgan fingerprint density at radius 2 is 1.66 bits per heavy atom. The summed E-state index contributed by atoms with van der Waals surface area (Å²) in [6, 6.07) is 19.5. The Labute approximate surface area is 243 Å². The molecule has 1 aliphatic heterocycles. The van der Waals surface area contributed by atoms with Gasteiger partial charge in [0.05, 0.1) is 30.8 Å². The van der Waals surface area contributed by atoms with Gasteiger partial charge in [-0.2, -0.15) is 0 Å². The summed E-state index contributed by atoms with van der Waals surface area (Å²) < 4.78 is 46.3. The number of nitrogens with zero attached hydrogens (tertiary/aromatic N) is 1. The number of anilines is 1. The van der Waals surface area contributed by atoms with Gasteiger partial charge in [0, 0.05) is 0 Å². The molecule has 1 N–H and O–H groups in total. The number of rotatable bonds is 8. The quantitative estimate of drug-likeness (QED) is 0.357. The van der Waals surface area contributed by atoms with Crippen LogP contribution in [0.3, 0.4) is 0 Å². The Morgan fingerprint density at radius 1 is 0.976 bits per heavy atom. The maximum atomic E-state index is 13.9. The smallest absolute Gasteiger partial charge is 0.264 e. The molecule has 8 nitrogen and oxygen atoms in total. The number of carbonyl (C=O) groups is 1. The van der Waals surface area contributed by atoms with Crippen molar-refractivity contribution in [1.82, 2.24) is 5.32 Å². The largest absolute Gasteiger partial charge is 0.497 e. The fraction of sp³-hybridized carbons (Fsp3) is 0.406. The lowest BCUT2D eigenvalue weighted by molar-refractivity contribution is -0.127. The molecular weight excluding hydrogens is 540 g/mol. The van der Waals surface area contributed by atoms with Gasteiger partial charge in [0.25, 0.3) is 15.9 Å². The number of para-hydroxylation sites is 1. The molecule has 0 spiro atoms. The first-order chi connectivity index (χ1) is 19.2. The van der Waals surface area contributed by atoms with Crippen molar-refractivity contribution in [1.29, 1.82) is 0 Å². The molecule has 220 valence electrons. The predicted molar refractivity (Wildman–Crippen MR) is 161 cm³/mol. The molecule has 0 saturated heterocycles. The summed E-state index contributed by atoms with van der Waals surface area (Å²) in [6.45, 7) is 12.8. The second-order valence-electron chi connectivity index (χ2n) is 12.1. The van der Waals surface area contributed by atoms with Gasteiger partial charge in [-0.05, 0) is 64.4 Å². The first-order valence-corrected chi connectivity index (χ1v) is 15.1. The molecule has 0 saturated carbocycles. The number of hydrogen-bond acceptors (Lipinski definition) is 6. The molecule has 0 aromatic heterocycles. The van der Waals surface area contributed by atoms with E-state index in [0.29, 0.717) is 17.2 Å². The van der Waals surface area contributed by atoms with Gasteiger partial charge < -0.3 is 19.5 Å². The van der Waals surface area contributed by atoms with E-state index in [-0.39, 0.29) is 35.4 Å². The molecule has 1 amide bonds. The second kappa shape index (κ2) is 11.6. The third kappa shape index (κ3) is 6.78. The SMILES string of the molecule is COc1ccc(S(=O)(=O)N2C[C@H](C(=O)NCCOc3ccccc3C(C)(C)C)Oc3ccc(C(C)(C)C)cc32)cc1. The predicted octanol–water partition coefficient (Wildman–Crippen LogP) is 5.44. The molecule has 3 aromatic rings. The van der Waals surface area contributed by atoms with Gasteiger partial charge in [0.2, 0.25) is 0 Å². The van der Waals surface area contributed by atoms with Gasteiger partial charge in [-0.15, -0.1) is 0 Å². The molecule has 3 aromatic carbocycles. The summed E-state index contributed by atoms with van der Waals surface area (Å²) in [5, 5.41) is 2.85. The van der Waals surface area contributed by atoms with E-state index in [1.54, 1.807) is 18.2 Å². The molecule has 0 unspecified atom stereocenters. The van der Waals surface area contributed by atoms with Gasteiger partial charge in [-0.25, -0.2) is 8.42 Å². The lowest BCUT2D eigenvalue weighted by Gasteiger charge is -2.36. The molecule has 0 radical (unpaired) electrons. The van der Waals surface area contributed by atoms with Crippen molar-refractivity contribution in [2.75, 3.05) is 31.1 Å². The molecule has 0 fully saturated rings. The first kappa shape index (κ1) is 30.2. The summed E-state index contributed by atoms with van der Waals surface area (Å²) in [4.78, 5) is 13.3. The van der Waals surface area contributed by atoms with E-state index in [4.69, 9.17) is 14.2 Å². The van der Waals surface area contributed by atoms with Gasteiger partial charge in [-0.3, -0.25) is 9.10 Å². The minimum absolute atomic E-state index is 0.0884. The Morgan fingerprint density at radius 3 is 2.29 bits per heavy atom. The van der Waals surface area contributed by atoms with Crippen molar-refractivity contribution < 1.29 is 27.4 Å². The first-order valence-electron chi connectivity index (χ1n) is 13.7. The zero-order chi connectivity index (χ0) is 30.0. The average molecular weight is 581 g/mol. The van der Waals surface area contributed by atoms with Crippen LogP contribution in [-0.4, -0.2) is 47.2 Å². The van der Waals surface area contributed by atoms with Crippen molar-refractivity contribution in [3.8, 4) is 17.2 Å². The molecule has 4 rings (SSSR count). The average Bonchev–Trinajstić information content (AvgIpc) is 2.93. The fourth-order valence-electron chi connectivity index (χ4n) is 4.62. The second-order valence-corrected chi connectivity index (χ2v) is 14.0. The van der Waals surface area contributed by atoms with Crippen LogP contribution in [0.4, 0.5) is 5.69 Å². The molecular formula is C32H40N2O6S. The highest BCUT2D eigenvalue weighted by atomic mass is 32.2. The van der Waals surface area contributed by atoms with Crippen LogP contribution in [0.15, 0.2) is 71.6 Å². The number of ether oxygens (including phenoxy) is 3. The van der Waals surface area contributed by atoms with E-state index in [9.17, 15) is 13.2 Å². The minimum atomic E-state index is -4.02. The molecule has 1 atom stereocenters. The highest BCUT2D eigenvalue weighted by Gasteiger charge is 2.38. The molecule has 1 aliphatic rings. The van der Waals surface area contributed by atoms with E-state index < -0.39 is 22.0 Å². The number of methoxy groups -OCH3 is 1. The van der Waals surface area contributed by atoms with Crippen LogP contribution in [0.2, 0.25) is 0 Å². The lowest BCUT2D eigenvalue weighted by Crippen LogP contribution is -2.51. The van der Waals surface area contributed by atoms with Crippen LogP contribution < -0.4 is 23.8 Å². The molecule has 9 heteroatoms. The molecule has 41 heavy (non-hydrogen) atoms. The van der Waals surface area contributed by atoms with E-state index in [1.807, 2.05) is 36.4 Å². The summed E-state index contributed by atoms with van der Waals surface area (Å²) in [7, 11) is -2.49. The van der Waals surface area contributed by atoms with Crippen LogP contribution in [0.25, 0.3) is 0 Å². The number of fused-ring (bicyclic) bond motifs is 1. The van der Waals surface area contributed by atoms with Gasteiger partial charge >= 0.3 is 0 Å². The van der Waals surface area contributed by atoms with Crippen LogP contribution in [-0.2, 0) is 25.6 Å². The van der Waals surface area contributed by atoms with E-state index >= 15 is 0 Å². The number of benzene rings is 3. The number of nitrogens with one attached hydrogen (secondary N) is 1. The topological polar surface area (TPSA) is 94.2 Å². The number of carbonyl (C=O) groups excluding carboxylic acids is 1. The van der Waals surface area contributed by atoms with Crippen LogP contribution >= 0.6 is 0 Å². The zero-order valence-corrected chi connectivity index (χ0v) is 25.7. The minimum Gasteiger partial charge on any atom is -0.497 e. The van der Waals surface area contributed by atoms with Gasteiger partial charge in [0.15, 0.2) is 6.10 Å². The summed E-state index contributed by atoms with van der Waals surface area (Å²) in [6.07, 6.45) is -1.04. The third-order valence-electron chi connectivity index (χ3n) is 6.99. The summed E-state index contributed by atoms with van der Waals surface area (Å²) in [5.41, 5.74) is 2.12. The normalized spacial score (nSPS) is 15.5. The molecule has 0 bridgehead atoms. The zero-order valence-electron chi connectivity index (χ0n) is 24.9. The van der Waals surface area contributed by atoms with Crippen molar-refractivity contribution >= 4 is 21.6 Å². The van der Waals surface area contributed by atoms with Crippen molar-refractivity contribution in [3.05, 3.63) is 77.9 Å². The Kier molecular flexibility index (Phi) is 8.59. The van der Waals surface area contributed by atoms with Crippen molar-refractivity contribution in [2.45, 2.75) is 63.4 Å². The summed E-state index contributed by atoms with van der Waals surface area (Å²) in [5.74, 6) is 1.23. The number of amides is 1. The monoisotopic (exact) mass is 580 g/mol. The van der Waals surface area contributed by atoms with Crippen molar-refractivity contribution in [3.63, 3.8) is 0 Å². The fourth-order valence-corrected chi connectivity index (χ4v) is 6.09. The highest BCUT2D eigenvalue weighted by Crippen LogP contribution is 2.40. The van der Waals surface area contributed by atoms with Crippen molar-refractivity contribution in [2.24, 2.45) is 0 Å². The standard InChI is InChI=1S/C32H40N2O6S/c1-31(2,3)22-12-17-28-26(20-22)34(41(36,37)24-15-13-23(38-7)14-16-24)21-29(40-28)30(35)33-18-19-39-27-11-9-8-10-25(27)32(4,5)6/h8-17,20,29H,18-19,21H2,1-7H3,(H,33,35)/t29-/m1/s1. The highest BCUT2D eigenvalue weighted by molar-refractivity contribution is 7.92. The van der Waals surface area contributed by atoms with Crippen LogP contribution in [0.5, 0.6) is 17.2 Å². The Hall–Kier alpha value is -3.72. The van der Waals surface area contributed by atoms with E-state index in [0.717, 1.165) is 16.9 Å². The van der Waals surface area contributed by atoms with Crippen LogP contribution in [0, 0.1) is 0 Å². The summed E-state index contributed by atoms with van der Waals surface area (Å²) >= 11 is 0. The maximum absolute atomic E-state index is 13.9. The van der Waals surface area contributed by atoms with E-state index in [2.05, 4.69) is 46.9 Å². The third-order valence-corrected chi connectivity index (χ3v) is 8.78. The van der Waals surface area contributed by atoms with E-state index in [1.165, 1.54) is 23.5 Å². The molecule has 0 aliphatic carbocycles. The van der Waals surface area contributed by atoms with Gasteiger partial charge in [-0.1, -0.05) is 65.8 Å². The Balaban J connectivity index is 1.54. The Bertz CT molecular complexity index is 1490. The van der Waals surface area contributed by atoms with Crippen LogP contribution in [0.1, 0.15) is 52.7 Å².